The quantitative estimate of drug-likeness (QED) is 0.329. The van der Waals surface area contributed by atoms with Gasteiger partial charge in [-0.3, -0.25) is 5.10 Å². The predicted molar refractivity (Wildman–Crippen MR) is 118 cm³/mol. The van der Waals surface area contributed by atoms with Crippen molar-refractivity contribution in [2.75, 3.05) is 11.9 Å². The maximum Gasteiger partial charge on any atom is 0.490 e. The Bertz CT molecular complexity index is 1210. The molecule has 4 N–H and O–H groups in total. The number of aromatic amines is 1. The number of aliphatic hydroxyl groups is 1. The zero-order chi connectivity index (χ0) is 24.0. The van der Waals surface area contributed by atoms with Gasteiger partial charge in [0.2, 0.25) is 5.13 Å². The van der Waals surface area contributed by atoms with Crippen LogP contribution in [0.3, 0.4) is 0 Å². The Labute approximate surface area is 190 Å². The van der Waals surface area contributed by atoms with Crippen LogP contribution in [0.2, 0.25) is 0 Å². The summed E-state index contributed by atoms with van der Waals surface area (Å²) < 4.78 is 31.7. The zero-order valence-electron chi connectivity index (χ0n) is 17.3. The van der Waals surface area contributed by atoms with Crippen LogP contribution in [0.5, 0.6) is 0 Å². The molecule has 33 heavy (non-hydrogen) atoms. The number of hydrogen-bond acceptors (Lipinski definition) is 7. The largest absolute Gasteiger partial charge is 0.490 e. The first kappa shape index (κ1) is 24.1. The molecule has 2 heterocycles. The molecule has 2 aromatic carbocycles. The molecule has 1 atom stereocenters. The molecule has 0 aliphatic rings. The van der Waals surface area contributed by atoms with Crippen molar-refractivity contribution in [2.24, 2.45) is 0 Å². The van der Waals surface area contributed by atoms with E-state index in [0.29, 0.717) is 18.1 Å². The number of aliphatic hydroxyl groups excluding tert-OH is 1. The summed E-state index contributed by atoms with van der Waals surface area (Å²) in [7, 11) is 0. The first-order valence-electron chi connectivity index (χ1n) is 9.68. The Kier molecular flexibility index (Phi) is 7.61. The van der Waals surface area contributed by atoms with Crippen LogP contribution in [0.4, 0.5) is 18.3 Å². The van der Waals surface area contributed by atoms with E-state index >= 15 is 0 Å². The fourth-order valence-corrected chi connectivity index (χ4v) is 3.60. The first-order valence-corrected chi connectivity index (χ1v) is 10.5. The number of aromatic nitrogens is 4. The normalized spacial score (nSPS) is 12.2. The van der Waals surface area contributed by atoms with E-state index in [0.717, 1.165) is 32.7 Å². The Morgan fingerprint density at radius 1 is 1.18 bits per heavy atom. The predicted octanol–water partition coefficient (Wildman–Crippen LogP) is 4.04. The molecule has 0 bridgehead atoms. The number of carboxylic acids is 1. The lowest BCUT2D eigenvalue weighted by atomic mass is 10.1. The van der Waals surface area contributed by atoms with Crippen molar-refractivity contribution in [2.45, 2.75) is 25.6 Å². The summed E-state index contributed by atoms with van der Waals surface area (Å²) in [5, 5.41) is 38.8. The van der Waals surface area contributed by atoms with E-state index in [1.165, 1.54) is 11.3 Å². The van der Waals surface area contributed by atoms with Gasteiger partial charge in [-0.2, -0.15) is 18.3 Å². The third-order valence-corrected chi connectivity index (χ3v) is 5.40. The summed E-state index contributed by atoms with van der Waals surface area (Å²) in [6, 6.07) is 16.0. The van der Waals surface area contributed by atoms with Gasteiger partial charge in [0, 0.05) is 23.9 Å². The van der Waals surface area contributed by atoms with Gasteiger partial charge in [0.25, 0.3) is 0 Å². The molecule has 0 aliphatic heterocycles. The second kappa shape index (κ2) is 10.4. The van der Waals surface area contributed by atoms with Crippen molar-refractivity contribution in [3.05, 3.63) is 59.8 Å². The smallest absolute Gasteiger partial charge is 0.475 e. The number of anilines is 1. The summed E-state index contributed by atoms with van der Waals surface area (Å²) >= 11 is 1.48. The zero-order valence-corrected chi connectivity index (χ0v) is 18.1. The van der Waals surface area contributed by atoms with Crippen LogP contribution in [0.25, 0.3) is 21.5 Å². The minimum atomic E-state index is -5.08. The molecule has 0 saturated carbocycles. The number of halogens is 3. The molecule has 0 aliphatic carbocycles. The Morgan fingerprint density at radius 2 is 1.88 bits per heavy atom. The number of carboxylic acid groups (broad SMARTS) is 1. The lowest BCUT2D eigenvalue weighted by Gasteiger charge is -2.10. The maximum atomic E-state index is 10.6. The molecule has 0 saturated heterocycles. The summed E-state index contributed by atoms with van der Waals surface area (Å²) in [4.78, 5) is 8.90. The number of carbonyl (C=O) groups is 1. The molecule has 4 rings (SSSR count). The Morgan fingerprint density at radius 3 is 2.55 bits per heavy atom. The third-order valence-electron chi connectivity index (χ3n) is 4.47. The van der Waals surface area contributed by atoms with Crippen molar-refractivity contribution in [3.63, 3.8) is 0 Å². The molecule has 1 unspecified atom stereocenters. The molecule has 4 aromatic rings. The molecule has 0 amide bonds. The van der Waals surface area contributed by atoms with Gasteiger partial charge >= 0.3 is 12.1 Å². The van der Waals surface area contributed by atoms with Crippen LogP contribution < -0.4 is 5.32 Å². The third kappa shape index (κ3) is 6.73. The summed E-state index contributed by atoms with van der Waals surface area (Å²) in [5.74, 6) is -2.76. The SMILES string of the molecule is Cc1n[nH]c2ccc(-c3nnc(NCC(O)Cc4ccccc4)s3)cc12.O=C(O)C(F)(F)F. The number of nitrogens with zero attached hydrogens (tertiary/aromatic N) is 3. The maximum absolute atomic E-state index is 10.6. The first-order chi connectivity index (χ1) is 15.6. The minimum absolute atomic E-state index is 0.434. The van der Waals surface area contributed by atoms with Crippen LogP contribution in [0.1, 0.15) is 11.3 Å². The van der Waals surface area contributed by atoms with Crippen LogP contribution in [-0.4, -0.2) is 55.4 Å². The van der Waals surface area contributed by atoms with E-state index in [-0.39, 0.29) is 0 Å². The molecule has 174 valence electrons. The highest BCUT2D eigenvalue weighted by molar-refractivity contribution is 7.18. The monoisotopic (exact) mass is 479 g/mol. The Balaban J connectivity index is 0.000000383. The molecular formula is C21H20F3N5O3S. The van der Waals surface area contributed by atoms with E-state index in [4.69, 9.17) is 9.90 Å². The van der Waals surface area contributed by atoms with Crippen molar-refractivity contribution in [3.8, 4) is 10.6 Å². The number of rotatable bonds is 6. The Hall–Kier alpha value is -3.51. The highest BCUT2D eigenvalue weighted by atomic mass is 32.1. The molecule has 12 heteroatoms. The fraction of sp³-hybridized carbons (Fsp3) is 0.238. The van der Waals surface area contributed by atoms with Gasteiger partial charge in [-0.05, 0) is 30.7 Å². The lowest BCUT2D eigenvalue weighted by Crippen LogP contribution is -2.21. The summed E-state index contributed by atoms with van der Waals surface area (Å²) in [5.41, 5.74) is 4.10. The van der Waals surface area contributed by atoms with Gasteiger partial charge in [0.1, 0.15) is 5.01 Å². The van der Waals surface area contributed by atoms with E-state index in [2.05, 4.69) is 31.8 Å². The molecular weight excluding hydrogens is 459 g/mol. The number of benzene rings is 2. The van der Waals surface area contributed by atoms with Crippen molar-refractivity contribution >= 4 is 33.3 Å². The highest BCUT2D eigenvalue weighted by Gasteiger charge is 2.38. The van der Waals surface area contributed by atoms with Gasteiger partial charge in [0.05, 0.1) is 17.3 Å². The van der Waals surface area contributed by atoms with Gasteiger partial charge in [0.15, 0.2) is 0 Å². The van der Waals surface area contributed by atoms with Crippen molar-refractivity contribution in [1.82, 2.24) is 20.4 Å². The van der Waals surface area contributed by atoms with Crippen LogP contribution in [0, 0.1) is 6.92 Å². The second-order valence-corrected chi connectivity index (χ2v) is 7.99. The fourth-order valence-electron chi connectivity index (χ4n) is 2.85. The molecule has 0 radical (unpaired) electrons. The number of aryl methyl sites for hydroxylation is 1. The standard InChI is InChI=1S/C19H19N5OS.C2HF3O2/c1-12-16-10-14(7-8-17(16)22-21-12)18-23-24-19(26-18)20-11-15(25)9-13-5-3-2-4-6-13;3-2(4,5)1(6)7/h2-8,10,15,25H,9,11H2,1H3,(H,20,24)(H,21,22);(H,6,7). The number of nitrogens with one attached hydrogen (secondary N) is 2. The topological polar surface area (TPSA) is 124 Å². The number of fused-ring (bicyclic) bond motifs is 1. The van der Waals surface area contributed by atoms with E-state index < -0.39 is 18.2 Å². The van der Waals surface area contributed by atoms with E-state index in [9.17, 15) is 18.3 Å². The van der Waals surface area contributed by atoms with Gasteiger partial charge in [-0.25, -0.2) is 4.79 Å². The van der Waals surface area contributed by atoms with Gasteiger partial charge in [-0.15, -0.1) is 10.2 Å². The molecule has 2 aromatic heterocycles. The van der Waals surface area contributed by atoms with E-state index in [1.807, 2.05) is 49.4 Å². The minimum Gasteiger partial charge on any atom is -0.475 e. The van der Waals surface area contributed by atoms with Crippen LogP contribution in [-0.2, 0) is 11.2 Å². The highest BCUT2D eigenvalue weighted by Crippen LogP contribution is 2.29. The average molecular weight is 479 g/mol. The lowest BCUT2D eigenvalue weighted by molar-refractivity contribution is -0.192. The van der Waals surface area contributed by atoms with Crippen LogP contribution >= 0.6 is 11.3 Å². The number of H-pyrrole nitrogens is 1. The summed E-state index contributed by atoms with van der Waals surface area (Å²) in [6.45, 7) is 2.41. The molecule has 0 spiro atoms. The van der Waals surface area contributed by atoms with Gasteiger partial charge < -0.3 is 15.5 Å². The number of hydrogen-bond donors (Lipinski definition) is 4. The van der Waals surface area contributed by atoms with Crippen molar-refractivity contribution in [1.29, 1.82) is 0 Å². The summed E-state index contributed by atoms with van der Waals surface area (Å²) in [6.07, 6.45) is -4.95. The number of aliphatic carboxylic acids is 1. The molecule has 8 nitrogen and oxygen atoms in total. The number of alkyl halides is 3. The van der Waals surface area contributed by atoms with Crippen LogP contribution in [0.15, 0.2) is 48.5 Å². The average Bonchev–Trinajstić information content (AvgIpc) is 3.39. The van der Waals surface area contributed by atoms with Gasteiger partial charge in [-0.1, -0.05) is 41.7 Å². The molecule has 0 fully saturated rings. The van der Waals surface area contributed by atoms with E-state index in [1.54, 1.807) is 0 Å². The second-order valence-electron chi connectivity index (χ2n) is 7.01. The van der Waals surface area contributed by atoms with Crippen molar-refractivity contribution < 1.29 is 28.2 Å².